The molecule has 32 heavy (non-hydrogen) atoms. The third kappa shape index (κ3) is 4.25. The molecule has 0 unspecified atom stereocenters. The number of carbonyl (C=O) groups is 2. The summed E-state index contributed by atoms with van der Waals surface area (Å²) in [6.45, 7) is 4.64. The summed E-state index contributed by atoms with van der Waals surface area (Å²) in [5, 5.41) is 0. The fourth-order valence-electron chi connectivity index (χ4n) is 5.43. The van der Waals surface area contributed by atoms with Gasteiger partial charge in [0.25, 0.3) is 0 Å². The van der Waals surface area contributed by atoms with Crippen molar-refractivity contribution in [3.63, 3.8) is 0 Å². The minimum atomic E-state index is -0.235. The maximum atomic E-state index is 13.6. The largest absolute Gasteiger partial charge is 0.445 e. The number of benzene rings is 1. The van der Waals surface area contributed by atoms with Crippen molar-refractivity contribution >= 4 is 11.7 Å². The van der Waals surface area contributed by atoms with Crippen LogP contribution in [-0.4, -0.2) is 41.3 Å². The average Bonchev–Trinajstić information content (AvgIpc) is 3.28. The number of hydrogen-bond acceptors (Lipinski definition) is 5. The number of aromatic nitrogens is 1. The van der Waals surface area contributed by atoms with E-state index in [1.54, 1.807) is 0 Å². The number of carbonyl (C=O) groups excluding carboxylic acids is 2. The summed E-state index contributed by atoms with van der Waals surface area (Å²) in [6, 6.07) is 7.74. The Labute approximate surface area is 189 Å². The zero-order valence-corrected chi connectivity index (χ0v) is 18.8. The van der Waals surface area contributed by atoms with Gasteiger partial charge >= 0.3 is 0 Å². The van der Waals surface area contributed by atoms with Crippen LogP contribution in [0.3, 0.4) is 0 Å². The van der Waals surface area contributed by atoms with Crippen LogP contribution < -0.4 is 0 Å². The second kappa shape index (κ2) is 9.18. The Hall–Kier alpha value is -2.47. The van der Waals surface area contributed by atoms with Crippen LogP contribution in [0.4, 0.5) is 0 Å². The van der Waals surface area contributed by atoms with E-state index in [1.807, 2.05) is 36.1 Å². The first-order valence-electron chi connectivity index (χ1n) is 12.1. The van der Waals surface area contributed by atoms with Crippen LogP contribution in [0.15, 0.2) is 28.7 Å². The van der Waals surface area contributed by atoms with Crippen molar-refractivity contribution in [3.05, 3.63) is 52.7 Å². The number of Topliss-reactive ketones (excluding diaryl/α,β-unsaturated/α-hetero) is 1. The van der Waals surface area contributed by atoms with Crippen molar-refractivity contribution in [1.29, 1.82) is 0 Å². The van der Waals surface area contributed by atoms with Crippen molar-refractivity contribution in [1.82, 2.24) is 9.88 Å². The minimum Gasteiger partial charge on any atom is -0.445 e. The molecule has 6 nitrogen and oxygen atoms in total. The number of rotatable bonds is 4. The van der Waals surface area contributed by atoms with Gasteiger partial charge in [0.15, 0.2) is 11.7 Å². The lowest BCUT2D eigenvalue weighted by molar-refractivity contribution is -0.139. The van der Waals surface area contributed by atoms with Crippen molar-refractivity contribution < 1.29 is 18.7 Å². The van der Waals surface area contributed by atoms with Gasteiger partial charge in [-0.3, -0.25) is 9.59 Å². The van der Waals surface area contributed by atoms with Crippen molar-refractivity contribution in [2.24, 2.45) is 11.8 Å². The lowest BCUT2D eigenvalue weighted by Gasteiger charge is -2.35. The van der Waals surface area contributed by atoms with Gasteiger partial charge in [-0.2, -0.15) is 0 Å². The van der Waals surface area contributed by atoms with E-state index in [2.05, 4.69) is 0 Å². The average molecular weight is 437 g/mol. The van der Waals surface area contributed by atoms with E-state index in [9.17, 15) is 9.59 Å². The molecule has 0 spiro atoms. The van der Waals surface area contributed by atoms with Gasteiger partial charge in [0.2, 0.25) is 5.91 Å². The van der Waals surface area contributed by atoms with Crippen LogP contribution in [0, 0.1) is 18.8 Å². The quantitative estimate of drug-likeness (QED) is 0.662. The molecular formula is C26H32N2O4. The van der Waals surface area contributed by atoms with Gasteiger partial charge in [-0.05, 0) is 32.6 Å². The van der Waals surface area contributed by atoms with Crippen LogP contribution in [0.2, 0.25) is 0 Å². The molecule has 2 aliphatic heterocycles. The van der Waals surface area contributed by atoms with Crippen LogP contribution in [0.5, 0.6) is 0 Å². The molecule has 1 aromatic heterocycles. The van der Waals surface area contributed by atoms with E-state index in [0.717, 1.165) is 80.2 Å². The third-order valence-corrected chi connectivity index (χ3v) is 7.38. The lowest BCUT2D eigenvalue weighted by Crippen LogP contribution is -2.44. The molecule has 2 atom stereocenters. The third-order valence-electron chi connectivity index (χ3n) is 7.38. The molecule has 1 aromatic carbocycles. The molecule has 0 bridgehead atoms. The molecule has 0 N–H and O–H groups in total. The molecule has 2 aromatic rings. The molecular weight excluding hydrogens is 404 g/mol. The highest BCUT2D eigenvalue weighted by atomic mass is 16.5. The van der Waals surface area contributed by atoms with Crippen molar-refractivity contribution in [2.75, 3.05) is 19.8 Å². The molecule has 1 saturated heterocycles. The number of fused-ring (bicyclic) bond motifs is 1. The number of oxazole rings is 1. The minimum absolute atomic E-state index is 0.108. The maximum absolute atomic E-state index is 13.6. The van der Waals surface area contributed by atoms with Gasteiger partial charge in [0.05, 0.1) is 6.54 Å². The molecule has 2 fully saturated rings. The van der Waals surface area contributed by atoms with E-state index in [0.29, 0.717) is 25.4 Å². The fraction of sp³-hybridized carbons (Fsp3) is 0.577. The number of aryl methyl sites for hydroxylation is 1. The van der Waals surface area contributed by atoms with Gasteiger partial charge in [-0.25, -0.2) is 4.98 Å². The number of ketones is 1. The Morgan fingerprint density at radius 1 is 1.00 bits per heavy atom. The van der Waals surface area contributed by atoms with Gasteiger partial charge in [0, 0.05) is 49.5 Å². The highest BCUT2D eigenvalue weighted by Gasteiger charge is 2.39. The van der Waals surface area contributed by atoms with Gasteiger partial charge < -0.3 is 14.1 Å². The highest BCUT2D eigenvalue weighted by Crippen LogP contribution is 2.36. The molecule has 6 heteroatoms. The zero-order valence-electron chi connectivity index (χ0n) is 18.8. The number of amides is 1. The molecule has 0 radical (unpaired) electrons. The molecule has 3 heterocycles. The normalized spacial score (nSPS) is 24.2. The molecule has 3 aliphatic rings. The molecule has 5 rings (SSSR count). The standard InChI is InChI=1S/C26H32N2O4/c1-17-6-8-18(9-7-17)24(29)20-4-2-3-5-21(20)26(30)28-13-10-23-22(16-28)27-25(32-23)19-11-14-31-15-12-19/h6-9,19-21H,2-5,10-16H2,1H3/t20-,21+/m0/s1. The van der Waals surface area contributed by atoms with E-state index in [-0.39, 0.29) is 23.5 Å². The van der Waals surface area contributed by atoms with E-state index in [1.165, 1.54) is 0 Å². The fourth-order valence-corrected chi connectivity index (χ4v) is 5.43. The van der Waals surface area contributed by atoms with Crippen molar-refractivity contribution in [3.8, 4) is 0 Å². The predicted molar refractivity (Wildman–Crippen MR) is 119 cm³/mol. The van der Waals surface area contributed by atoms with E-state index >= 15 is 0 Å². The van der Waals surface area contributed by atoms with Crippen LogP contribution >= 0.6 is 0 Å². The summed E-state index contributed by atoms with van der Waals surface area (Å²) in [4.78, 5) is 33.5. The Morgan fingerprint density at radius 2 is 1.72 bits per heavy atom. The molecule has 170 valence electrons. The lowest BCUT2D eigenvalue weighted by atomic mass is 9.74. The Kier molecular flexibility index (Phi) is 6.13. The van der Waals surface area contributed by atoms with Crippen LogP contribution in [0.1, 0.15) is 77.7 Å². The van der Waals surface area contributed by atoms with E-state index < -0.39 is 0 Å². The zero-order chi connectivity index (χ0) is 22.1. The Morgan fingerprint density at radius 3 is 2.47 bits per heavy atom. The van der Waals surface area contributed by atoms with Gasteiger partial charge in [-0.15, -0.1) is 0 Å². The predicted octanol–water partition coefficient (Wildman–Crippen LogP) is 4.45. The molecule has 1 saturated carbocycles. The second-order valence-electron chi connectivity index (χ2n) is 9.55. The number of nitrogens with zero attached hydrogens (tertiary/aromatic N) is 2. The van der Waals surface area contributed by atoms with Gasteiger partial charge in [-0.1, -0.05) is 42.7 Å². The highest BCUT2D eigenvalue weighted by molar-refractivity contribution is 6.00. The summed E-state index contributed by atoms with van der Waals surface area (Å²) in [7, 11) is 0. The first-order valence-corrected chi connectivity index (χ1v) is 12.1. The monoisotopic (exact) mass is 436 g/mol. The summed E-state index contributed by atoms with van der Waals surface area (Å²) in [5.74, 6) is 1.80. The molecule has 1 aliphatic carbocycles. The summed E-state index contributed by atoms with van der Waals surface area (Å²) >= 11 is 0. The second-order valence-corrected chi connectivity index (χ2v) is 9.55. The van der Waals surface area contributed by atoms with Crippen LogP contribution in [0.25, 0.3) is 0 Å². The summed E-state index contributed by atoms with van der Waals surface area (Å²) < 4.78 is 11.5. The number of ether oxygens (including phenoxy) is 1. The first kappa shape index (κ1) is 21.4. The number of hydrogen-bond donors (Lipinski definition) is 0. The summed E-state index contributed by atoms with van der Waals surface area (Å²) in [5.41, 5.74) is 2.75. The maximum Gasteiger partial charge on any atom is 0.226 e. The SMILES string of the molecule is Cc1ccc(C(=O)[C@H]2CCCC[C@H]2C(=O)N2CCc3oc(C4CCOCC4)nc3C2)cc1. The smallest absolute Gasteiger partial charge is 0.226 e. The molecule has 1 amide bonds. The van der Waals surface area contributed by atoms with Crippen LogP contribution in [-0.2, 0) is 22.5 Å². The first-order chi connectivity index (χ1) is 15.6. The van der Waals surface area contributed by atoms with Gasteiger partial charge in [0.1, 0.15) is 11.5 Å². The van der Waals surface area contributed by atoms with E-state index in [4.69, 9.17) is 14.1 Å². The Bertz CT molecular complexity index is 974. The van der Waals surface area contributed by atoms with Crippen molar-refractivity contribution in [2.45, 2.75) is 64.3 Å². The summed E-state index contributed by atoms with van der Waals surface area (Å²) in [6.07, 6.45) is 6.16. The Balaban J connectivity index is 1.30. The topological polar surface area (TPSA) is 72.6 Å².